The lowest BCUT2D eigenvalue weighted by Gasteiger charge is -2.45. The van der Waals surface area contributed by atoms with Gasteiger partial charge in [0.1, 0.15) is 5.82 Å². The molecular weight excluding hydrogens is 220 g/mol. The van der Waals surface area contributed by atoms with Gasteiger partial charge in [0.25, 0.3) is 0 Å². The number of hydrogen-bond donors (Lipinski definition) is 1. The summed E-state index contributed by atoms with van der Waals surface area (Å²) in [5, 5.41) is 3.61. The molecule has 1 heterocycles. The van der Waals surface area contributed by atoms with Crippen LogP contribution in [0.25, 0.3) is 0 Å². The van der Waals surface area contributed by atoms with E-state index in [-0.39, 0.29) is 0 Å². The molecule has 2 rings (SSSR count). The van der Waals surface area contributed by atoms with E-state index >= 15 is 0 Å². The minimum Gasteiger partial charge on any atom is -0.367 e. The van der Waals surface area contributed by atoms with Crippen molar-refractivity contribution in [2.75, 3.05) is 5.32 Å². The van der Waals surface area contributed by atoms with E-state index in [1.54, 1.807) is 0 Å². The first-order valence-electron chi connectivity index (χ1n) is 6.95. The zero-order valence-corrected chi connectivity index (χ0v) is 12.4. The Morgan fingerprint density at radius 3 is 2.22 bits per heavy atom. The smallest absolute Gasteiger partial charge is 0.126 e. The van der Waals surface area contributed by atoms with E-state index in [0.717, 1.165) is 5.82 Å². The molecule has 0 aromatic carbocycles. The van der Waals surface area contributed by atoms with Gasteiger partial charge in [0.05, 0.1) is 0 Å². The molecule has 1 saturated carbocycles. The van der Waals surface area contributed by atoms with Crippen molar-refractivity contribution in [1.82, 2.24) is 4.98 Å². The lowest BCUT2D eigenvalue weighted by atomic mass is 9.63. The normalized spacial score (nSPS) is 22.7. The van der Waals surface area contributed by atoms with Crippen molar-refractivity contribution in [1.29, 1.82) is 0 Å². The molecule has 18 heavy (non-hydrogen) atoms. The highest BCUT2D eigenvalue weighted by molar-refractivity contribution is 5.36. The van der Waals surface area contributed by atoms with Crippen LogP contribution >= 0.6 is 0 Å². The van der Waals surface area contributed by atoms with Gasteiger partial charge in [-0.15, -0.1) is 0 Å². The number of aryl methyl sites for hydroxylation is 1. The first kappa shape index (κ1) is 13.4. The molecule has 0 saturated heterocycles. The molecule has 0 amide bonds. The van der Waals surface area contributed by atoms with Gasteiger partial charge in [-0.25, -0.2) is 4.98 Å². The molecule has 0 bridgehead atoms. The summed E-state index contributed by atoms with van der Waals surface area (Å²) in [6.45, 7) is 11.6. The third-order valence-electron chi connectivity index (χ3n) is 3.82. The van der Waals surface area contributed by atoms with E-state index in [9.17, 15) is 0 Å². The summed E-state index contributed by atoms with van der Waals surface area (Å²) in [5.41, 5.74) is 2.05. The predicted octanol–water partition coefficient (Wildman–Crippen LogP) is 4.41. The van der Waals surface area contributed by atoms with Crippen LogP contribution < -0.4 is 5.32 Å². The third-order valence-corrected chi connectivity index (χ3v) is 3.82. The number of aromatic nitrogens is 1. The number of rotatable bonds is 2. The number of anilines is 1. The maximum Gasteiger partial charge on any atom is 0.126 e. The number of pyridine rings is 1. The Bertz CT molecular complexity index is 388. The van der Waals surface area contributed by atoms with Gasteiger partial charge in [0.2, 0.25) is 0 Å². The average molecular weight is 246 g/mol. The summed E-state index contributed by atoms with van der Waals surface area (Å²) in [4.78, 5) is 4.46. The van der Waals surface area contributed by atoms with E-state index in [0.29, 0.717) is 16.9 Å². The van der Waals surface area contributed by atoms with E-state index in [1.807, 2.05) is 6.20 Å². The Morgan fingerprint density at radius 2 is 1.72 bits per heavy atom. The lowest BCUT2D eigenvalue weighted by molar-refractivity contribution is 0.105. The van der Waals surface area contributed by atoms with Gasteiger partial charge >= 0.3 is 0 Å². The van der Waals surface area contributed by atoms with Gasteiger partial charge in [-0.3, -0.25) is 0 Å². The van der Waals surface area contributed by atoms with Crippen molar-refractivity contribution in [3.63, 3.8) is 0 Å². The average Bonchev–Trinajstić information content (AvgIpc) is 2.16. The quantitative estimate of drug-likeness (QED) is 0.836. The van der Waals surface area contributed by atoms with E-state index in [4.69, 9.17) is 0 Å². The Balaban J connectivity index is 2.07. The van der Waals surface area contributed by atoms with Crippen LogP contribution in [0.2, 0.25) is 0 Å². The highest BCUT2D eigenvalue weighted by atomic mass is 15.0. The van der Waals surface area contributed by atoms with Crippen LogP contribution in [0.3, 0.4) is 0 Å². The highest BCUT2D eigenvalue weighted by Gasteiger charge is 2.38. The van der Waals surface area contributed by atoms with E-state index in [2.05, 4.69) is 57.1 Å². The molecule has 1 N–H and O–H groups in total. The van der Waals surface area contributed by atoms with Crippen LogP contribution in [0.5, 0.6) is 0 Å². The minimum atomic E-state index is 0.421. The van der Waals surface area contributed by atoms with Gasteiger partial charge in [-0.05, 0) is 48.6 Å². The van der Waals surface area contributed by atoms with Crippen LogP contribution in [-0.2, 0) is 0 Å². The molecule has 0 unspecified atom stereocenters. The monoisotopic (exact) mass is 246 g/mol. The van der Waals surface area contributed by atoms with Gasteiger partial charge in [-0.1, -0.05) is 33.8 Å². The summed E-state index contributed by atoms with van der Waals surface area (Å²) < 4.78 is 0. The maximum atomic E-state index is 4.46. The second kappa shape index (κ2) is 4.56. The van der Waals surface area contributed by atoms with Crippen molar-refractivity contribution < 1.29 is 0 Å². The Kier molecular flexibility index (Phi) is 3.39. The van der Waals surface area contributed by atoms with Crippen LogP contribution in [0, 0.1) is 17.8 Å². The Morgan fingerprint density at radius 1 is 1.11 bits per heavy atom. The number of nitrogens with one attached hydrogen (secondary N) is 1. The van der Waals surface area contributed by atoms with Crippen LogP contribution in [0.4, 0.5) is 5.82 Å². The molecule has 1 aromatic heterocycles. The first-order valence-corrected chi connectivity index (χ1v) is 6.95. The summed E-state index contributed by atoms with van der Waals surface area (Å²) in [6.07, 6.45) is 5.69. The van der Waals surface area contributed by atoms with Gasteiger partial charge in [0, 0.05) is 12.2 Å². The molecule has 0 atom stereocenters. The van der Waals surface area contributed by atoms with E-state index < -0.39 is 0 Å². The fourth-order valence-corrected chi connectivity index (χ4v) is 3.71. The van der Waals surface area contributed by atoms with Crippen molar-refractivity contribution in [3.05, 3.63) is 23.9 Å². The SMILES string of the molecule is Cc1ccc(NC2CC(C)(C)CC(C)(C)C2)nc1. The molecule has 0 aliphatic heterocycles. The van der Waals surface area contributed by atoms with Crippen LogP contribution in [-0.4, -0.2) is 11.0 Å². The fourth-order valence-electron chi connectivity index (χ4n) is 3.71. The van der Waals surface area contributed by atoms with Gasteiger partial charge in [0.15, 0.2) is 0 Å². The third kappa shape index (κ3) is 3.47. The number of nitrogens with zero attached hydrogens (tertiary/aromatic N) is 1. The van der Waals surface area contributed by atoms with E-state index in [1.165, 1.54) is 24.8 Å². The van der Waals surface area contributed by atoms with Crippen molar-refractivity contribution >= 4 is 5.82 Å². The second-order valence-electron chi connectivity index (χ2n) is 7.48. The number of hydrogen-bond acceptors (Lipinski definition) is 2. The summed E-state index contributed by atoms with van der Waals surface area (Å²) in [7, 11) is 0. The first-order chi connectivity index (χ1) is 8.26. The minimum absolute atomic E-state index is 0.421. The molecule has 1 aromatic rings. The Hall–Kier alpha value is -1.05. The van der Waals surface area contributed by atoms with Gasteiger partial charge in [-0.2, -0.15) is 0 Å². The molecule has 100 valence electrons. The molecular formula is C16H26N2. The Labute approximate surface area is 111 Å². The van der Waals surface area contributed by atoms with Gasteiger partial charge < -0.3 is 5.32 Å². The largest absolute Gasteiger partial charge is 0.367 e. The predicted molar refractivity (Wildman–Crippen MR) is 77.8 cm³/mol. The highest BCUT2D eigenvalue weighted by Crippen LogP contribution is 2.46. The van der Waals surface area contributed by atoms with Crippen molar-refractivity contribution in [2.45, 2.75) is 59.9 Å². The molecule has 1 fully saturated rings. The molecule has 0 radical (unpaired) electrons. The molecule has 2 nitrogen and oxygen atoms in total. The van der Waals surface area contributed by atoms with Crippen LogP contribution in [0.1, 0.15) is 52.5 Å². The molecule has 1 aliphatic carbocycles. The van der Waals surface area contributed by atoms with Crippen molar-refractivity contribution in [2.24, 2.45) is 10.8 Å². The zero-order chi connectivity index (χ0) is 13.4. The van der Waals surface area contributed by atoms with Crippen molar-refractivity contribution in [3.8, 4) is 0 Å². The summed E-state index contributed by atoms with van der Waals surface area (Å²) in [5.74, 6) is 1.01. The summed E-state index contributed by atoms with van der Waals surface area (Å²) >= 11 is 0. The maximum absolute atomic E-state index is 4.46. The zero-order valence-electron chi connectivity index (χ0n) is 12.4. The molecule has 1 aliphatic rings. The molecule has 2 heteroatoms. The topological polar surface area (TPSA) is 24.9 Å². The standard InChI is InChI=1S/C16H26N2/c1-12-6-7-14(17-10-12)18-13-8-15(2,3)11-16(4,5)9-13/h6-7,10,13H,8-9,11H2,1-5H3,(H,17,18). The molecule has 0 spiro atoms. The fraction of sp³-hybridized carbons (Fsp3) is 0.688. The van der Waals surface area contributed by atoms with Crippen LogP contribution in [0.15, 0.2) is 18.3 Å². The summed E-state index contributed by atoms with van der Waals surface area (Å²) in [6, 6.07) is 4.75. The lowest BCUT2D eigenvalue weighted by Crippen LogP contribution is -2.40. The second-order valence-corrected chi connectivity index (χ2v) is 7.48.